The number of halogens is 1. The molecular weight excluding hydrogens is 570 g/mol. The van der Waals surface area contributed by atoms with Crippen LogP contribution in [-0.2, 0) is 6.54 Å². The summed E-state index contributed by atoms with van der Waals surface area (Å²) < 4.78 is 1.74. The summed E-state index contributed by atoms with van der Waals surface area (Å²) in [5, 5.41) is 12.6. The van der Waals surface area contributed by atoms with Crippen LogP contribution in [0.25, 0.3) is 21.7 Å². The van der Waals surface area contributed by atoms with E-state index >= 15 is 0 Å². The van der Waals surface area contributed by atoms with Crippen molar-refractivity contribution in [3.8, 4) is 12.3 Å². The topological polar surface area (TPSA) is 86.2 Å². The molecule has 4 aromatic rings. The SMILES string of the molecule is C#Cc1cnc2c(Cl)cc(N[C@H](C3=CN(C45CC(C4)C5)NN3)c3cccc4c(=O)n(CC)ccc34)cc2c1NCC(C)(C)C. The molecule has 0 amide bonds. The minimum absolute atomic E-state index is 0.00350. The molecule has 8 nitrogen and oxygen atoms in total. The fraction of sp³-hybridized carbons (Fsp3) is 0.371. The highest BCUT2D eigenvalue weighted by atomic mass is 35.5. The molecule has 3 aliphatic carbocycles. The van der Waals surface area contributed by atoms with Crippen LogP contribution in [0.4, 0.5) is 11.4 Å². The lowest BCUT2D eigenvalue weighted by Gasteiger charge is -2.64. The average Bonchev–Trinajstić information content (AvgIpc) is 3.42. The summed E-state index contributed by atoms with van der Waals surface area (Å²) >= 11 is 6.90. The highest BCUT2D eigenvalue weighted by molar-refractivity contribution is 6.35. The number of nitrogens with zero attached hydrogens (tertiary/aromatic N) is 3. The molecule has 1 atom stereocenters. The zero-order chi connectivity index (χ0) is 30.8. The van der Waals surface area contributed by atoms with E-state index in [0.717, 1.165) is 45.9 Å². The van der Waals surface area contributed by atoms with Gasteiger partial charge in [0.15, 0.2) is 0 Å². The van der Waals surface area contributed by atoms with Crippen LogP contribution in [0.15, 0.2) is 65.5 Å². The Kier molecular flexibility index (Phi) is 6.80. The lowest BCUT2D eigenvalue weighted by atomic mass is 9.49. The van der Waals surface area contributed by atoms with Crippen molar-refractivity contribution in [2.75, 3.05) is 17.2 Å². The molecule has 2 aromatic heterocycles. The number of terminal acetylenes is 1. The number of fused-ring (bicyclic) bond motifs is 2. The predicted octanol–water partition coefficient (Wildman–Crippen LogP) is 6.53. The summed E-state index contributed by atoms with van der Waals surface area (Å²) in [4.78, 5) is 17.9. The fourth-order valence-electron chi connectivity index (χ4n) is 6.79. The van der Waals surface area contributed by atoms with Gasteiger partial charge in [-0.3, -0.25) is 14.8 Å². The zero-order valence-corrected chi connectivity index (χ0v) is 26.3. The Morgan fingerprint density at radius 2 is 1.98 bits per heavy atom. The first-order valence-electron chi connectivity index (χ1n) is 15.3. The predicted molar refractivity (Wildman–Crippen MR) is 179 cm³/mol. The summed E-state index contributed by atoms with van der Waals surface area (Å²) in [5.74, 6) is 3.64. The van der Waals surface area contributed by atoms with E-state index in [4.69, 9.17) is 18.0 Å². The molecule has 0 saturated heterocycles. The second-order valence-corrected chi connectivity index (χ2v) is 14.1. The van der Waals surface area contributed by atoms with Crippen molar-refractivity contribution >= 4 is 44.7 Å². The van der Waals surface area contributed by atoms with Gasteiger partial charge in [-0.15, -0.1) is 12.0 Å². The molecule has 2 bridgehead atoms. The third kappa shape index (κ3) is 4.75. The first kappa shape index (κ1) is 28.6. The van der Waals surface area contributed by atoms with Crippen LogP contribution in [-0.4, -0.2) is 26.6 Å². The lowest BCUT2D eigenvalue weighted by molar-refractivity contribution is -0.141. The number of anilines is 2. The number of rotatable bonds is 8. The van der Waals surface area contributed by atoms with E-state index in [1.807, 2.05) is 37.4 Å². The largest absolute Gasteiger partial charge is 0.383 e. The maximum Gasteiger partial charge on any atom is 0.258 e. The van der Waals surface area contributed by atoms with Gasteiger partial charge in [0.05, 0.1) is 39.1 Å². The van der Waals surface area contributed by atoms with Crippen LogP contribution in [0, 0.1) is 23.7 Å². The summed E-state index contributed by atoms with van der Waals surface area (Å²) in [7, 11) is 0. The van der Waals surface area contributed by atoms with Crippen molar-refractivity contribution in [1.82, 2.24) is 25.5 Å². The van der Waals surface area contributed by atoms with Gasteiger partial charge in [-0.05, 0) is 72.7 Å². The van der Waals surface area contributed by atoms with Crippen molar-refractivity contribution in [2.24, 2.45) is 11.3 Å². The average molecular weight is 608 g/mol. The van der Waals surface area contributed by atoms with Gasteiger partial charge in [0.2, 0.25) is 0 Å². The second-order valence-electron chi connectivity index (χ2n) is 13.6. The van der Waals surface area contributed by atoms with E-state index in [2.05, 4.69) is 76.6 Å². The molecule has 4 aliphatic rings. The van der Waals surface area contributed by atoms with E-state index in [0.29, 0.717) is 28.0 Å². The Bertz CT molecular complexity index is 1920. The number of aromatic nitrogens is 2. The molecule has 3 saturated carbocycles. The molecule has 4 N–H and O–H groups in total. The summed E-state index contributed by atoms with van der Waals surface area (Å²) in [6.45, 7) is 9.85. The zero-order valence-electron chi connectivity index (χ0n) is 25.6. The lowest BCUT2D eigenvalue weighted by Crippen LogP contribution is -2.69. The molecule has 0 spiro atoms. The Hall–Kier alpha value is -4.19. The molecule has 1 aliphatic heterocycles. The number of aryl methyl sites for hydroxylation is 1. The van der Waals surface area contributed by atoms with Crippen LogP contribution >= 0.6 is 11.6 Å². The standard InChI is InChI=1S/C35H38ClN7O/c1-6-22-18-37-31-27(30(22)38-20-34(3,4)5)13-23(14-28(31)36)39-32(29-19-43(41-40-29)35-15-21(16-35)17-35)25-9-8-10-26-24(25)11-12-42(7-2)33(26)44/h1,8-14,18-19,21,32,39-41H,7,15-17,20H2,2-5H3,(H,37,38)/t21?,32-,35?/m0/s1. The van der Waals surface area contributed by atoms with Crippen molar-refractivity contribution < 1.29 is 0 Å². The molecule has 0 unspecified atom stereocenters. The van der Waals surface area contributed by atoms with Gasteiger partial charge < -0.3 is 20.6 Å². The molecule has 226 valence electrons. The van der Waals surface area contributed by atoms with Gasteiger partial charge in [0.1, 0.15) is 0 Å². The first-order chi connectivity index (χ1) is 21.1. The van der Waals surface area contributed by atoms with Gasteiger partial charge in [-0.25, -0.2) is 0 Å². The van der Waals surface area contributed by atoms with Crippen LogP contribution in [0.3, 0.4) is 0 Å². The first-order valence-corrected chi connectivity index (χ1v) is 15.7. The van der Waals surface area contributed by atoms with E-state index in [-0.39, 0.29) is 22.6 Å². The van der Waals surface area contributed by atoms with Crippen LogP contribution in [0.2, 0.25) is 5.02 Å². The molecule has 3 heterocycles. The monoisotopic (exact) mass is 607 g/mol. The minimum atomic E-state index is -0.316. The normalized spacial score (nSPS) is 21.2. The Labute approximate surface area is 262 Å². The van der Waals surface area contributed by atoms with Gasteiger partial charge in [-0.1, -0.05) is 50.4 Å². The van der Waals surface area contributed by atoms with Crippen LogP contribution in [0.5, 0.6) is 0 Å². The number of nitrogens with one attached hydrogen (secondary N) is 4. The van der Waals surface area contributed by atoms with E-state index in [1.165, 1.54) is 19.3 Å². The van der Waals surface area contributed by atoms with Gasteiger partial charge >= 0.3 is 0 Å². The van der Waals surface area contributed by atoms with E-state index in [9.17, 15) is 4.79 Å². The molecule has 3 fully saturated rings. The maximum absolute atomic E-state index is 13.3. The molecule has 2 aromatic carbocycles. The van der Waals surface area contributed by atoms with Crippen molar-refractivity contribution in [3.63, 3.8) is 0 Å². The Balaban J connectivity index is 1.35. The second kappa shape index (κ2) is 10.5. The number of hydrazine groups is 2. The summed E-state index contributed by atoms with van der Waals surface area (Å²) in [5.41, 5.74) is 12.1. The number of benzene rings is 2. The quantitative estimate of drug-likeness (QED) is 0.169. The summed E-state index contributed by atoms with van der Waals surface area (Å²) in [6, 6.07) is 11.6. The van der Waals surface area contributed by atoms with Crippen LogP contribution < -0.4 is 27.2 Å². The Morgan fingerprint density at radius 3 is 2.66 bits per heavy atom. The van der Waals surface area contributed by atoms with Crippen molar-refractivity contribution in [2.45, 2.75) is 65.1 Å². The smallest absolute Gasteiger partial charge is 0.258 e. The van der Waals surface area contributed by atoms with E-state index < -0.39 is 0 Å². The van der Waals surface area contributed by atoms with Crippen molar-refractivity contribution in [3.05, 3.63) is 87.2 Å². The van der Waals surface area contributed by atoms with Crippen molar-refractivity contribution in [1.29, 1.82) is 0 Å². The third-order valence-corrected chi connectivity index (χ3v) is 9.60. The molecule has 0 radical (unpaired) electrons. The van der Waals surface area contributed by atoms with Gasteiger partial charge in [-0.2, -0.15) is 0 Å². The third-order valence-electron chi connectivity index (χ3n) is 9.31. The van der Waals surface area contributed by atoms with Gasteiger partial charge in [0, 0.05) is 48.1 Å². The molecule has 8 rings (SSSR count). The minimum Gasteiger partial charge on any atom is -0.383 e. The highest BCUT2D eigenvalue weighted by Crippen LogP contribution is 2.60. The molecule has 44 heavy (non-hydrogen) atoms. The van der Waals surface area contributed by atoms with Gasteiger partial charge in [0.25, 0.3) is 5.56 Å². The molecule has 9 heteroatoms. The summed E-state index contributed by atoms with van der Waals surface area (Å²) in [6.07, 6.45) is 15.3. The number of pyridine rings is 2. The number of hydrogen-bond acceptors (Lipinski definition) is 7. The highest BCUT2D eigenvalue weighted by Gasteiger charge is 2.60. The molecular formula is C35H38ClN7O. The number of hydrogen-bond donors (Lipinski definition) is 4. The maximum atomic E-state index is 13.3. The van der Waals surface area contributed by atoms with Crippen LogP contribution in [0.1, 0.15) is 64.1 Å². The fourth-order valence-corrected chi connectivity index (χ4v) is 7.06. The van der Waals surface area contributed by atoms with E-state index in [1.54, 1.807) is 10.8 Å². The Morgan fingerprint density at radius 1 is 1.18 bits per heavy atom.